The van der Waals surface area contributed by atoms with E-state index >= 15 is 0 Å². The molecule has 9 heteroatoms. The van der Waals surface area contributed by atoms with E-state index in [0.717, 1.165) is 28.3 Å². The molecule has 2 aliphatic rings. The maximum absolute atomic E-state index is 12.9. The van der Waals surface area contributed by atoms with Gasteiger partial charge in [-0.3, -0.25) is 9.59 Å². The van der Waals surface area contributed by atoms with E-state index in [9.17, 15) is 9.59 Å². The summed E-state index contributed by atoms with van der Waals surface area (Å²) in [7, 11) is 0. The van der Waals surface area contributed by atoms with E-state index in [0.29, 0.717) is 36.0 Å². The molecule has 2 amide bonds. The fourth-order valence-electron chi connectivity index (χ4n) is 4.50. The van der Waals surface area contributed by atoms with Gasteiger partial charge >= 0.3 is 0 Å². The first kappa shape index (κ1) is 26.3. The number of benzene rings is 2. The van der Waals surface area contributed by atoms with Gasteiger partial charge in [-0.1, -0.05) is 43.7 Å². The molecule has 1 saturated heterocycles. The number of aromatic nitrogens is 2. The van der Waals surface area contributed by atoms with Crippen LogP contribution >= 0.6 is 23.5 Å². The highest BCUT2D eigenvalue weighted by molar-refractivity contribution is 8.18. The van der Waals surface area contributed by atoms with Gasteiger partial charge in [0.15, 0.2) is 5.17 Å². The number of amidine groups is 1. The Morgan fingerprint density at radius 3 is 2.55 bits per heavy atom. The number of hydrogen-bond acceptors (Lipinski definition) is 6. The van der Waals surface area contributed by atoms with Crippen molar-refractivity contribution in [1.82, 2.24) is 14.7 Å². The van der Waals surface area contributed by atoms with Crippen molar-refractivity contribution in [1.29, 1.82) is 0 Å². The molecule has 0 atom stereocenters. The number of nitrogens with two attached hydrogens (primary N) is 1. The monoisotopic (exact) mass is 545 g/mol. The van der Waals surface area contributed by atoms with Crippen molar-refractivity contribution in [2.24, 2.45) is 16.6 Å². The Hall–Kier alpha value is -3.30. The summed E-state index contributed by atoms with van der Waals surface area (Å²) in [5, 5.41) is 5.60. The van der Waals surface area contributed by atoms with Crippen LogP contribution in [0.4, 0.5) is 0 Å². The number of primary amides is 1. The average Bonchev–Trinajstić information content (AvgIpc) is 3.53. The molecular formula is C29H31N5O2S2. The molecule has 196 valence electrons. The van der Waals surface area contributed by atoms with Crippen molar-refractivity contribution in [3.05, 3.63) is 71.3 Å². The molecule has 7 nitrogen and oxygen atoms in total. The minimum atomic E-state index is -0.252. The number of hydrogen-bond donors (Lipinski definition) is 1. The molecule has 0 saturated carbocycles. The fourth-order valence-corrected chi connectivity index (χ4v) is 6.46. The highest BCUT2D eigenvalue weighted by Crippen LogP contribution is 2.35. The van der Waals surface area contributed by atoms with Crippen LogP contribution in [0.2, 0.25) is 0 Å². The Labute approximate surface area is 231 Å². The molecule has 2 aliphatic heterocycles. The number of unbranched alkanes of at least 4 members (excludes halogenated alkanes) is 1. The van der Waals surface area contributed by atoms with Gasteiger partial charge in [-0.2, -0.15) is 10.1 Å². The predicted octanol–water partition coefficient (Wildman–Crippen LogP) is 5.60. The van der Waals surface area contributed by atoms with Crippen LogP contribution in [0.3, 0.4) is 0 Å². The first-order chi connectivity index (χ1) is 18.5. The number of para-hydroxylation sites is 1. The number of aliphatic imine (C=N–C) groups is 1. The van der Waals surface area contributed by atoms with Crippen LogP contribution in [0, 0.1) is 5.92 Å². The number of piperidine rings is 1. The summed E-state index contributed by atoms with van der Waals surface area (Å²) in [6.45, 7) is 3.54. The zero-order chi connectivity index (χ0) is 26.5. The minimum absolute atomic E-state index is 0.105. The summed E-state index contributed by atoms with van der Waals surface area (Å²) in [4.78, 5) is 32.6. The highest BCUT2D eigenvalue weighted by Gasteiger charge is 2.31. The molecule has 5 rings (SSSR count). The van der Waals surface area contributed by atoms with Gasteiger partial charge in [-0.05, 0) is 67.1 Å². The SMILES string of the molecule is CCCCSc1ccc(-c2nn(-c3ccccc3)cc2C=C2SC(N3CCC(C(N)=O)CC3)=NC2=O)cc1. The second-order valence-corrected chi connectivity index (χ2v) is 11.6. The molecule has 1 fully saturated rings. The van der Waals surface area contributed by atoms with Crippen molar-refractivity contribution in [2.45, 2.75) is 37.5 Å². The molecule has 0 spiro atoms. The summed E-state index contributed by atoms with van der Waals surface area (Å²) < 4.78 is 1.85. The Morgan fingerprint density at radius 2 is 1.87 bits per heavy atom. The third kappa shape index (κ3) is 6.05. The van der Waals surface area contributed by atoms with Gasteiger partial charge in [0.05, 0.1) is 16.3 Å². The van der Waals surface area contributed by atoms with Gasteiger partial charge in [0, 0.05) is 41.2 Å². The highest BCUT2D eigenvalue weighted by atomic mass is 32.2. The van der Waals surface area contributed by atoms with Gasteiger partial charge in [0.2, 0.25) is 5.91 Å². The molecule has 2 N–H and O–H groups in total. The molecule has 3 aromatic rings. The van der Waals surface area contributed by atoms with Crippen LogP contribution in [-0.2, 0) is 9.59 Å². The van der Waals surface area contributed by atoms with Gasteiger partial charge in [0.1, 0.15) is 0 Å². The van der Waals surface area contributed by atoms with Crippen molar-refractivity contribution in [2.75, 3.05) is 18.8 Å². The van der Waals surface area contributed by atoms with Gasteiger partial charge in [-0.15, -0.1) is 11.8 Å². The van der Waals surface area contributed by atoms with E-state index < -0.39 is 0 Å². The van der Waals surface area contributed by atoms with E-state index in [4.69, 9.17) is 10.8 Å². The Balaban J connectivity index is 1.40. The summed E-state index contributed by atoms with van der Waals surface area (Å²) in [5.74, 6) is 0.505. The maximum atomic E-state index is 12.9. The van der Waals surface area contributed by atoms with Crippen LogP contribution < -0.4 is 5.73 Å². The van der Waals surface area contributed by atoms with Crippen molar-refractivity contribution in [3.8, 4) is 16.9 Å². The van der Waals surface area contributed by atoms with Crippen molar-refractivity contribution >= 4 is 46.6 Å². The molecule has 0 unspecified atom stereocenters. The number of carbonyl (C=O) groups is 2. The topological polar surface area (TPSA) is 93.6 Å². The van der Waals surface area contributed by atoms with Crippen LogP contribution in [0.5, 0.6) is 0 Å². The molecule has 2 aromatic carbocycles. The largest absolute Gasteiger partial charge is 0.369 e. The average molecular weight is 546 g/mol. The third-order valence-corrected chi connectivity index (χ3v) is 8.86. The van der Waals surface area contributed by atoms with E-state index in [-0.39, 0.29) is 17.7 Å². The van der Waals surface area contributed by atoms with Crippen molar-refractivity contribution < 1.29 is 9.59 Å². The van der Waals surface area contributed by atoms with Gasteiger partial charge < -0.3 is 10.6 Å². The zero-order valence-corrected chi connectivity index (χ0v) is 23.0. The second kappa shape index (κ2) is 12.0. The zero-order valence-electron chi connectivity index (χ0n) is 21.4. The number of rotatable bonds is 8. The lowest BCUT2D eigenvalue weighted by atomic mass is 9.97. The van der Waals surface area contributed by atoms with Crippen LogP contribution in [0.15, 0.2) is 75.6 Å². The van der Waals surface area contributed by atoms with Crippen LogP contribution in [0.1, 0.15) is 38.2 Å². The van der Waals surface area contributed by atoms with E-state index in [1.54, 1.807) is 0 Å². The number of thioether (sulfide) groups is 2. The number of carbonyl (C=O) groups excluding carboxylic acids is 2. The van der Waals surface area contributed by atoms with E-state index in [2.05, 4.69) is 41.1 Å². The van der Waals surface area contributed by atoms with Gasteiger partial charge in [0.25, 0.3) is 5.91 Å². The molecule has 3 heterocycles. The number of amides is 2. The molecule has 0 bridgehead atoms. The van der Waals surface area contributed by atoms with E-state index in [1.807, 2.05) is 59.0 Å². The van der Waals surface area contributed by atoms with E-state index in [1.165, 1.54) is 29.5 Å². The predicted molar refractivity (Wildman–Crippen MR) is 156 cm³/mol. The lowest BCUT2D eigenvalue weighted by Crippen LogP contribution is -2.40. The first-order valence-electron chi connectivity index (χ1n) is 13.0. The summed E-state index contributed by atoms with van der Waals surface area (Å²) in [6.07, 6.45) is 7.61. The van der Waals surface area contributed by atoms with Crippen LogP contribution in [-0.4, -0.2) is 50.5 Å². The fraction of sp³-hybridized carbons (Fsp3) is 0.310. The summed E-state index contributed by atoms with van der Waals surface area (Å²) in [5.41, 5.74) is 9.09. The quantitative estimate of drug-likeness (QED) is 0.225. The molecule has 1 aromatic heterocycles. The molecule has 0 radical (unpaired) electrons. The standard InChI is InChI=1S/C29H31N5O2S2/c1-2-3-17-37-24-11-9-20(10-12-24)26-22(19-34(32-26)23-7-5-4-6-8-23)18-25-28(36)31-29(38-25)33-15-13-21(14-16-33)27(30)35/h4-12,18-19,21H,2-3,13-17H2,1H3,(H2,30,35). The Kier molecular flexibility index (Phi) is 8.34. The van der Waals surface area contributed by atoms with Gasteiger partial charge in [-0.25, -0.2) is 4.68 Å². The molecule has 0 aliphatic carbocycles. The first-order valence-corrected chi connectivity index (χ1v) is 14.8. The molecular weight excluding hydrogens is 514 g/mol. The lowest BCUT2D eigenvalue weighted by molar-refractivity contribution is -0.123. The summed E-state index contributed by atoms with van der Waals surface area (Å²) >= 11 is 3.25. The second-order valence-electron chi connectivity index (χ2n) is 9.41. The van der Waals surface area contributed by atoms with Crippen molar-refractivity contribution in [3.63, 3.8) is 0 Å². The normalized spacial score (nSPS) is 17.3. The lowest BCUT2D eigenvalue weighted by Gasteiger charge is -2.31. The summed E-state index contributed by atoms with van der Waals surface area (Å²) in [6, 6.07) is 18.4. The third-order valence-electron chi connectivity index (χ3n) is 6.72. The minimum Gasteiger partial charge on any atom is -0.369 e. The van der Waals surface area contributed by atoms with Crippen LogP contribution in [0.25, 0.3) is 23.0 Å². The Morgan fingerprint density at radius 1 is 1.13 bits per heavy atom. The Bertz CT molecular complexity index is 1360. The smallest absolute Gasteiger partial charge is 0.286 e. The number of likely N-dealkylation sites (tertiary alicyclic amines) is 1. The molecule has 38 heavy (non-hydrogen) atoms. The maximum Gasteiger partial charge on any atom is 0.286 e. The number of nitrogens with zero attached hydrogens (tertiary/aromatic N) is 4.